The second-order valence-corrected chi connectivity index (χ2v) is 4.94. The molecular formula is C14H16N2O2. The van der Waals surface area contributed by atoms with Gasteiger partial charge in [0.1, 0.15) is 6.04 Å². The van der Waals surface area contributed by atoms with Crippen LogP contribution in [0, 0.1) is 0 Å². The molecule has 1 aromatic carbocycles. The van der Waals surface area contributed by atoms with E-state index in [0.29, 0.717) is 19.4 Å². The van der Waals surface area contributed by atoms with Crippen molar-refractivity contribution in [2.75, 3.05) is 6.54 Å². The summed E-state index contributed by atoms with van der Waals surface area (Å²) in [5.41, 5.74) is 2.55. The third-order valence-electron chi connectivity index (χ3n) is 3.74. The van der Waals surface area contributed by atoms with Crippen LogP contribution in [0.15, 0.2) is 24.3 Å². The van der Waals surface area contributed by atoms with Crippen molar-refractivity contribution in [1.29, 1.82) is 0 Å². The minimum absolute atomic E-state index is 0.00856. The number of carbonyl (C=O) groups excluding carboxylic acids is 2. The van der Waals surface area contributed by atoms with E-state index in [2.05, 4.69) is 17.4 Å². The van der Waals surface area contributed by atoms with Crippen molar-refractivity contribution in [2.45, 2.75) is 31.8 Å². The van der Waals surface area contributed by atoms with Crippen molar-refractivity contribution < 1.29 is 9.59 Å². The second kappa shape index (κ2) is 4.44. The first-order valence-corrected chi connectivity index (χ1v) is 6.39. The molecule has 1 fully saturated rings. The fourth-order valence-electron chi connectivity index (χ4n) is 2.70. The van der Waals surface area contributed by atoms with Gasteiger partial charge in [0.05, 0.1) is 0 Å². The highest BCUT2D eigenvalue weighted by Gasteiger charge is 2.31. The molecule has 0 saturated carbocycles. The number of hydrogen-bond acceptors (Lipinski definition) is 2. The number of nitrogens with zero attached hydrogens (tertiary/aromatic N) is 1. The first kappa shape index (κ1) is 11.3. The van der Waals surface area contributed by atoms with Gasteiger partial charge in [-0.15, -0.1) is 0 Å². The van der Waals surface area contributed by atoms with Gasteiger partial charge in [-0.1, -0.05) is 24.3 Å². The van der Waals surface area contributed by atoms with Crippen LogP contribution in [0.2, 0.25) is 0 Å². The van der Waals surface area contributed by atoms with Crippen molar-refractivity contribution in [1.82, 2.24) is 10.2 Å². The number of amides is 2. The first-order valence-electron chi connectivity index (χ1n) is 6.39. The van der Waals surface area contributed by atoms with E-state index >= 15 is 0 Å². The number of carbonyl (C=O) groups is 2. The molecule has 0 radical (unpaired) electrons. The highest BCUT2D eigenvalue weighted by molar-refractivity contribution is 5.90. The molecule has 0 spiro atoms. The molecule has 4 nitrogen and oxygen atoms in total. The van der Waals surface area contributed by atoms with Crippen molar-refractivity contribution >= 4 is 11.8 Å². The van der Waals surface area contributed by atoms with Crippen LogP contribution in [0.1, 0.15) is 24.0 Å². The van der Waals surface area contributed by atoms with E-state index in [-0.39, 0.29) is 17.9 Å². The Morgan fingerprint density at radius 3 is 2.72 bits per heavy atom. The van der Waals surface area contributed by atoms with Crippen molar-refractivity contribution in [2.24, 2.45) is 0 Å². The maximum absolute atomic E-state index is 12.3. The summed E-state index contributed by atoms with van der Waals surface area (Å²) in [6, 6.07) is 7.93. The van der Waals surface area contributed by atoms with Gasteiger partial charge in [0.15, 0.2) is 0 Å². The number of benzene rings is 1. The minimum atomic E-state index is -0.303. The molecule has 0 bridgehead atoms. The average Bonchev–Trinajstić information content (AvgIpc) is 2.84. The zero-order valence-corrected chi connectivity index (χ0v) is 10.2. The van der Waals surface area contributed by atoms with E-state index in [0.717, 1.165) is 13.0 Å². The standard InChI is InChI=1S/C14H16N2O2/c17-13-6-5-12(15-13)14(18)16-8-7-10-3-1-2-4-11(10)9-16/h1-4,12H,5-9H2,(H,15,17)/t12-/m1/s1. The number of fused-ring (bicyclic) bond motifs is 1. The summed E-state index contributed by atoms with van der Waals surface area (Å²) in [6.45, 7) is 1.42. The highest BCUT2D eigenvalue weighted by atomic mass is 16.2. The van der Waals surface area contributed by atoms with Crippen LogP contribution < -0.4 is 5.32 Å². The number of hydrogen-bond donors (Lipinski definition) is 1. The van der Waals surface area contributed by atoms with Gasteiger partial charge in [0.2, 0.25) is 11.8 Å². The topological polar surface area (TPSA) is 49.4 Å². The fourth-order valence-corrected chi connectivity index (χ4v) is 2.70. The fraction of sp³-hybridized carbons (Fsp3) is 0.429. The van der Waals surface area contributed by atoms with Crippen molar-refractivity contribution in [3.8, 4) is 0 Å². The van der Waals surface area contributed by atoms with E-state index < -0.39 is 0 Å². The van der Waals surface area contributed by atoms with Crippen LogP contribution in [-0.4, -0.2) is 29.3 Å². The molecule has 0 unspecified atom stereocenters. The molecule has 2 amide bonds. The zero-order chi connectivity index (χ0) is 12.5. The monoisotopic (exact) mass is 244 g/mol. The molecule has 1 N–H and O–H groups in total. The Morgan fingerprint density at radius 2 is 2.00 bits per heavy atom. The molecule has 18 heavy (non-hydrogen) atoms. The van der Waals surface area contributed by atoms with Crippen molar-refractivity contribution in [3.63, 3.8) is 0 Å². The van der Waals surface area contributed by atoms with Gasteiger partial charge in [-0.3, -0.25) is 9.59 Å². The minimum Gasteiger partial charge on any atom is -0.344 e. The molecular weight excluding hydrogens is 228 g/mol. The van der Waals surface area contributed by atoms with Crippen molar-refractivity contribution in [3.05, 3.63) is 35.4 Å². The van der Waals surface area contributed by atoms with E-state index in [1.165, 1.54) is 11.1 Å². The van der Waals surface area contributed by atoms with Crippen LogP contribution in [-0.2, 0) is 22.6 Å². The summed E-state index contributed by atoms with van der Waals surface area (Å²) in [7, 11) is 0. The maximum atomic E-state index is 12.3. The summed E-state index contributed by atoms with van der Waals surface area (Å²) in [5, 5.41) is 2.74. The summed E-state index contributed by atoms with van der Waals surface area (Å²) < 4.78 is 0. The Hall–Kier alpha value is -1.84. The lowest BCUT2D eigenvalue weighted by Gasteiger charge is -2.30. The molecule has 0 aromatic heterocycles. The quantitative estimate of drug-likeness (QED) is 0.796. The van der Waals surface area contributed by atoms with Crippen LogP contribution >= 0.6 is 0 Å². The lowest BCUT2D eigenvalue weighted by molar-refractivity contribution is -0.135. The highest BCUT2D eigenvalue weighted by Crippen LogP contribution is 2.20. The zero-order valence-electron chi connectivity index (χ0n) is 10.2. The third kappa shape index (κ3) is 1.98. The summed E-state index contributed by atoms with van der Waals surface area (Å²) in [5.74, 6) is 0.0566. The number of rotatable bonds is 1. The molecule has 4 heteroatoms. The molecule has 0 aliphatic carbocycles. The summed E-state index contributed by atoms with van der Waals surface area (Å²) >= 11 is 0. The summed E-state index contributed by atoms with van der Waals surface area (Å²) in [6.07, 6.45) is 2.01. The predicted molar refractivity (Wildman–Crippen MR) is 66.7 cm³/mol. The van der Waals surface area contributed by atoms with E-state index in [1.807, 2.05) is 17.0 Å². The maximum Gasteiger partial charge on any atom is 0.245 e. The summed E-state index contributed by atoms with van der Waals surface area (Å²) in [4.78, 5) is 25.3. The second-order valence-electron chi connectivity index (χ2n) is 4.94. The van der Waals surface area contributed by atoms with Gasteiger partial charge in [-0.2, -0.15) is 0 Å². The van der Waals surface area contributed by atoms with Gasteiger partial charge in [-0.25, -0.2) is 0 Å². The molecule has 3 rings (SSSR count). The Labute approximate surface area is 106 Å². The van der Waals surface area contributed by atoms with Gasteiger partial charge < -0.3 is 10.2 Å². The van der Waals surface area contributed by atoms with Gasteiger partial charge >= 0.3 is 0 Å². The van der Waals surface area contributed by atoms with E-state index in [9.17, 15) is 9.59 Å². The Balaban J connectivity index is 1.72. The van der Waals surface area contributed by atoms with Crippen LogP contribution in [0.4, 0.5) is 0 Å². The van der Waals surface area contributed by atoms with Gasteiger partial charge in [0.25, 0.3) is 0 Å². The molecule has 2 heterocycles. The predicted octanol–water partition coefficient (Wildman–Crippen LogP) is 0.850. The third-order valence-corrected chi connectivity index (χ3v) is 3.74. The molecule has 1 aromatic rings. The van der Waals surface area contributed by atoms with Crippen LogP contribution in [0.3, 0.4) is 0 Å². The SMILES string of the molecule is O=C1CC[C@H](C(=O)N2CCc3ccccc3C2)N1. The van der Waals surface area contributed by atoms with Gasteiger partial charge in [0, 0.05) is 19.5 Å². The van der Waals surface area contributed by atoms with Gasteiger partial charge in [-0.05, 0) is 24.0 Å². The van der Waals surface area contributed by atoms with E-state index in [4.69, 9.17) is 0 Å². The average molecular weight is 244 g/mol. The molecule has 2 aliphatic rings. The lowest BCUT2D eigenvalue weighted by atomic mass is 9.99. The largest absolute Gasteiger partial charge is 0.344 e. The molecule has 1 saturated heterocycles. The van der Waals surface area contributed by atoms with Crippen LogP contribution in [0.25, 0.3) is 0 Å². The smallest absolute Gasteiger partial charge is 0.245 e. The lowest BCUT2D eigenvalue weighted by Crippen LogP contribution is -2.46. The molecule has 1 atom stereocenters. The Morgan fingerprint density at radius 1 is 1.22 bits per heavy atom. The van der Waals surface area contributed by atoms with Crippen LogP contribution in [0.5, 0.6) is 0 Å². The Kier molecular flexibility index (Phi) is 2.78. The number of nitrogens with one attached hydrogen (secondary N) is 1. The Bertz CT molecular complexity index is 498. The molecule has 94 valence electrons. The first-order chi connectivity index (χ1) is 8.74. The van der Waals surface area contributed by atoms with E-state index in [1.54, 1.807) is 0 Å². The normalized spacial score (nSPS) is 22.6. The molecule has 2 aliphatic heterocycles.